The molecule has 0 radical (unpaired) electrons. The van der Waals surface area contributed by atoms with Crippen LogP contribution >= 0.6 is 11.6 Å². The monoisotopic (exact) mass is 456 g/mol. The van der Waals surface area contributed by atoms with Crippen molar-refractivity contribution in [2.75, 3.05) is 10.2 Å². The molecule has 1 N–H and O–H groups in total. The highest BCUT2D eigenvalue weighted by Crippen LogP contribution is 2.41. The van der Waals surface area contributed by atoms with Crippen LogP contribution in [0.2, 0.25) is 5.02 Å². The summed E-state index contributed by atoms with van der Waals surface area (Å²) < 4.78 is 6.34. The van der Waals surface area contributed by atoms with Crippen LogP contribution in [0.15, 0.2) is 103 Å². The number of ether oxygens (including phenoxy) is 1. The summed E-state index contributed by atoms with van der Waals surface area (Å²) in [5.41, 5.74) is 3.82. The number of benzene rings is 4. The molecule has 0 spiro atoms. The number of halogens is 1. The summed E-state index contributed by atoms with van der Waals surface area (Å²) >= 11 is 6.19. The number of rotatable bonds is 8. The summed E-state index contributed by atoms with van der Waals surface area (Å²) in [6.07, 6.45) is 0. The van der Waals surface area contributed by atoms with Crippen LogP contribution in [0.5, 0.6) is 11.5 Å². The van der Waals surface area contributed by atoms with Gasteiger partial charge in [0.15, 0.2) is 5.75 Å². The molecule has 0 atom stereocenters. The van der Waals surface area contributed by atoms with Crippen LogP contribution in [0.3, 0.4) is 0 Å². The molecule has 0 aliphatic rings. The average Bonchev–Trinajstić information content (AvgIpc) is 2.81. The van der Waals surface area contributed by atoms with E-state index in [4.69, 9.17) is 16.3 Å². The molecular weight excluding hydrogens is 432 g/mol. The molecule has 166 valence electrons. The molecule has 0 unspecified atom stereocenters. The van der Waals surface area contributed by atoms with E-state index in [9.17, 15) is 4.79 Å². The van der Waals surface area contributed by atoms with Crippen molar-refractivity contribution in [2.45, 2.75) is 20.0 Å². The van der Waals surface area contributed by atoms with Gasteiger partial charge in [-0.25, -0.2) is 0 Å². The van der Waals surface area contributed by atoms with Crippen LogP contribution in [-0.4, -0.2) is 5.91 Å². The second kappa shape index (κ2) is 10.7. The van der Waals surface area contributed by atoms with Gasteiger partial charge in [-0.3, -0.25) is 4.79 Å². The number of hydrogen-bond acceptors (Lipinski definition) is 3. The molecule has 0 fully saturated rings. The van der Waals surface area contributed by atoms with Gasteiger partial charge in [-0.1, -0.05) is 84.4 Å². The molecule has 0 saturated heterocycles. The Labute approximate surface area is 199 Å². The summed E-state index contributed by atoms with van der Waals surface area (Å²) in [6.45, 7) is 2.83. The Morgan fingerprint density at radius 1 is 0.818 bits per heavy atom. The Morgan fingerprint density at radius 2 is 1.42 bits per heavy atom. The quantitative estimate of drug-likeness (QED) is 0.302. The van der Waals surface area contributed by atoms with Crippen molar-refractivity contribution in [3.05, 3.63) is 119 Å². The van der Waals surface area contributed by atoms with Crippen LogP contribution in [0, 0.1) is 0 Å². The van der Waals surface area contributed by atoms with E-state index in [1.807, 2.05) is 66.7 Å². The van der Waals surface area contributed by atoms with E-state index < -0.39 is 0 Å². The van der Waals surface area contributed by atoms with Crippen molar-refractivity contribution in [3.63, 3.8) is 0 Å². The van der Waals surface area contributed by atoms with Gasteiger partial charge in [0, 0.05) is 25.0 Å². The maximum atomic E-state index is 11.9. The predicted octanol–water partition coefficient (Wildman–Crippen LogP) is 7.30. The van der Waals surface area contributed by atoms with Crippen molar-refractivity contribution in [1.82, 2.24) is 0 Å². The highest BCUT2D eigenvalue weighted by atomic mass is 35.5. The van der Waals surface area contributed by atoms with E-state index in [1.54, 1.807) is 12.1 Å². The van der Waals surface area contributed by atoms with Crippen LogP contribution in [0.1, 0.15) is 18.1 Å². The highest BCUT2D eigenvalue weighted by Gasteiger charge is 2.19. The Morgan fingerprint density at radius 3 is 2.00 bits per heavy atom. The van der Waals surface area contributed by atoms with Gasteiger partial charge < -0.3 is 15.0 Å². The minimum atomic E-state index is -0.166. The van der Waals surface area contributed by atoms with Crippen molar-refractivity contribution in [2.24, 2.45) is 0 Å². The number of carbonyl (C=O) groups excluding carboxylic acids is 1. The summed E-state index contributed by atoms with van der Waals surface area (Å²) in [5.74, 6) is 1.00. The van der Waals surface area contributed by atoms with Gasteiger partial charge in [0.05, 0.1) is 11.4 Å². The zero-order valence-electron chi connectivity index (χ0n) is 18.4. The topological polar surface area (TPSA) is 41.6 Å². The van der Waals surface area contributed by atoms with Gasteiger partial charge in [-0.2, -0.15) is 0 Å². The summed E-state index contributed by atoms with van der Waals surface area (Å²) in [6, 6.07) is 33.6. The number of carbonyl (C=O) groups is 1. The molecule has 1 amide bonds. The number of para-hydroxylation sites is 1. The van der Waals surface area contributed by atoms with E-state index in [1.165, 1.54) is 18.1 Å². The summed E-state index contributed by atoms with van der Waals surface area (Å²) in [7, 11) is 0. The van der Waals surface area contributed by atoms with E-state index in [0.29, 0.717) is 35.3 Å². The molecule has 0 bridgehead atoms. The third kappa shape index (κ3) is 6.15. The Balaban J connectivity index is 1.79. The van der Waals surface area contributed by atoms with E-state index in [-0.39, 0.29) is 5.91 Å². The van der Waals surface area contributed by atoms with Gasteiger partial charge in [0.1, 0.15) is 5.75 Å². The first-order chi connectivity index (χ1) is 16.1. The first kappa shape index (κ1) is 22.4. The number of nitrogens with zero attached hydrogens (tertiary/aromatic N) is 1. The van der Waals surface area contributed by atoms with Crippen molar-refractivity contribution >= 4 is 28.9 Å². The lowest BCUT2D eigenvalue weighted by Gasteiger charge is -2.28. The Kier molecular flexibility index (Phi) is 7.28. The molecule has 0 aliphatic heterocycles. The smallest absolute Gasteiger partial charge is 0.221 e. The fourth-order valence-electron chi connectivity index (χ4n) is 3.65. The maximum absolute atomic E-state index is 11.9. The normalized spacial score (nSPS) is 10.5. The first-order valence-electron chi connectivity index (χ1n) is 10.8. The molecule has 5 heteroatoms. The number of anilines is 2. The van der Waals surface area contributed by atoms with E-state index in [0.717, 1.165) is 5.69 Å². The molecule has 0 saturated carbocycles. The predicted molar refractivity (Wildman–Crippen MR) is 135 cm³/mol. The lowest BCUT2D eigenvalue weighted by Crippen LogP contribution is -2.23. The fraction of sp³-hybridized carbons (Fsp3) is 0.107. The maximum Gasteiger partial charge on any atom is 0.221 e. The van der Waals surface area contributed by atoms with Crippen LogP contribution in [0.25, 0.3) is 0 Å². The second-order valence-corrected chi connectivity index (χ2v) is 8.16. The van der Waals surface area contributed by atoms with Gasteiger partial charge in [-0.05, 0) is 41.5 Å². The van der Waals surface area contributed by atoms with Crippen LogP contribution < -0.4 is 15.0 Å². The zero-order chi connectivity index (χ0) is 23.0. The fourth-order valence-corrected chi connectivity index (χ4v) is 3.83. The highest BCUT2D eigenvalue weighted by molar-refractivity contribution is 6.30. The number of nitrogens with one attached hydrogen (secondary N) is 1. The van der Waals surface area contributed by atoms with Gasteiger partial charge in [0.2, 0.25) is 5.91 Å². The van der Waals surface area contributed by atoms with Crippen LogP contribution in [0.4, 0.5) is 11.4 Å². The third-order valence-corrected chi connectivity index (χ3v) is 5.33. The van der Waals surface area contributed by atoms with Crippen LogP contribution in [-0.2, 0) is 17.9 Å². The van der Waals surface area contributed by atoms with Crippen molar-refractivity contribution in [1.29, 1.82) is 0 Å². The lowest BCUT2D eigenvalue weighted by atomic mass is 10.1. The van der Waals surface area contributed by atoms with Gasteiger partial charge in [0.25, 0.3) is 0 Å². The molecule has 0 aliphatic carbocycles. The molecule has 4 nitrogen and oxygen atoms in total. The lowest BCUT2D eigenvalue weighted by molar-refractivity contribution is -0.114. The van der Waals surface area contributed by atoms with Gasteiger partial charge >= 0.3 is 0 Å². The van der Waals surface area contributed by atoms with Crippen molar-refractivity contribution in [3.8, 4) is 11.5 Å². The first-order valence-corrected chi connectivity index (χ1v) is 11.1. The number of amides is 1. The molecule has 4 rings (SSSR count). The average molecular weight is 457 g/mol. The molecule has 0 heterocycles. The van der Waals surface area contributed by atoms with E-state index >= 15 is 0 Å². The molecule has 0 aromatic heterocycles. The Bertz CT molecular complexity index is 1170. The van der Waals surface area contributed by atoms with Gasteiger partial charge in [-0.15, -0.1) is 0 Å². The minimum Gasteiger partial charge on any atom is -0.453 e. The molecule has 4 aromatic carbocycles. The van der Waals surface area contributed by atoms with Crippen molar-refractivity contribution < 1.29 is 9.53 Å². The summed E-state index contributed by atoms with van der Waals surface area (Å²) in [5, 5.41) is 3.49. The summed E-state index contributed by atoms with van der Waals surface area (Å²) in [4.78, 5) is 14.2. The van der Waals surface area contributed by atoms with E-state index in [2.05, 4.69) is 34.5 Å². The largest absolute Gasteiger partial charge is 0.453 e. The molecule has 4 aromatic rings. The molecular formula is C28H25ClN2O2. The second-order valence-electron chi connectivity index (χ2n) is 7.72. The minimum absolute atomic E-state index is 0.166. The third-order valence-electron chi connectivity index (χ3n) is 5.09. The number of hydrogen-bond donors (Lipinski definition) is 1. The molecule has 33 heavy (non-hydrogen) atoms. The standard InChI is InChI=1S/C28H25ClN2O2/c1-21(32)30-26-16-9-17-27(28(26)33-25-15-8-14-24(29)18-25)31(19-22-10-4-2-5-11-22)20-23-12-6-3-7-13-23/h2-18H,19-20H2,1H3,(H,30,32). The Hall–Kier alpha value is -3.76. The zero-order valence-corrected chi connectivity index (χ0v) is 19.1. The SMILES string of the molecule is CC(=O)Nc1cccc(N(Cc2ccccc2)Cc2ccccc2)c1Oc1cccc(Cl)c1.